The van der Waals surface area contributed by atoms with Gasteiger partial charge in [-0.15, -0.1) is 0 Å². The number of nitrogens with zero attached hydrogens (tertiary/aromatic N) is 1. The van der Waals surface area contributed by atoms with Crippen LogP contribution in [0.25, 0.3) is 0 Å². The fourth-order valence-corrected chi connectivity index (χ4v) is 3.66. The summed E-state index contributed by atoms with van der Waals surface area (Å²) in [6.07, 6.45) is 1.83. The third kappa shape index (κ3) is 5.57. The van der Waals surface area contributed by atoms with E-state index in [1.165, 1.54) is 0 Å². The molecule has 0 bridgehead atoms. The van der Waals surface area contributed by atoms with Crippen LogP contribution >= 0.6 is 11.6 Å². The summed E-state index contributed by atoms with van der Waals surface area (Å²) < 4.78 is 11.3. The van der Waals surface area contributed by atoms with Crippen molar-refractivity contribution in [1.82, 2.24) is 4.90 Å². The molecule has 1 heterocycles. The standard InChI is InChI=1S/C23H29ClN2O3/c1-16(2)10-12-29-22-20(24)13-17(14-21(22)28-3)23(27)26-11-9-19(15-26)25-18-7-5-4-6-8-18/h4-8,13-14,16,19,25H,9-12,15H2,1-3H3. The topological polar surface area (TPSA) is 50.8 Å². The third-order valence-corrected chi connectivity index (χ3v) is 5.32. The van der Waals surface area contributed by atoms with E-state index in [1.54, 1.807) is 19.2 Å². The van der Waals surface area contributed by atoms with Crippen molar-refractivity contribution in [2.45, 2.75) is 32.7 Å². The number of nitrogens with one attached hydrogen (secondary N) is 1. The molecule has 29 heavy (non-hydrogen) atoms. The number of rotatable bonds is 8. The van der Waals surface area contributed by atoms with E-state index in [0.29, 0.717) is 47.7 Å². The van der Waals surface area contributed by atoms with E-state index >= 15 is 0 Å². The van der Waals surface area contributed by atoms with E-state index in [-0.39, 0.29) is 11.9 Å². The fourth-order valence-electron chi connectivity index (χ4n) is 3.40. The van der Waals surface area contributed by atoms with Crippen molar-refractivity contribution >= 4 is 23.2 Å². The Morgan fingerprint density at radius 2 is 2.03 bits per heavy atom. The zero-order valence-electron chi connectivity index (χ0n) is 17.3. The van der Waals surface area contributed by atoms with Crippen LogP contribution in [0, 0.1) is 5.92 Å². The Balaban J connectivity index is 1.66. The van der Waals surface area contributed by atoms with Gasteiger partial charge in [-0.2, -0.15) is 0 Å². The number of hydrogen-bond acceptors (Lipinski definition) is 4. The minimum Gasteiger partial charge on any atom is -0.493 e. The van der Waals surface area contributed by atoms with Gasteiger partial charge in [-0.05, 0) is 43.0 Å². The Hall–Kier alpha value is -2.40. The zero-order valence-corrected chi connectivity index (χ0v) is 18.0. The highest BCUT2D eigenvalue weighted by molar-refractivity contribution is 6.32. The van der Waals surface area contributed by atoms with E-state index in [2.05, 4.69) is 19.2 Å². The lowest BCUT2D eigenvalue weighted by Crippen LogP contribution is -2.31. The average Bonchev–Trinajstić information content (AvgIpc) is 3.17. The summed E-state index contributed by atoms with van der Waals surface area (Å²) in [5.74, 6) is 1.48. The number of halogens is 1. The minimum atomic E-state index is -0.0451. The number of carbonyl (C=O) groups excluding carboxylic acids is 1. The molecule has 6 heteroatoms. The van der Waals surface area contributed by atoms with E-state index in [1.807, 2.05) is 35.2 Å². The number of carbonyl (C=O) groups is 1. The molecule has 5 nitrogen and oxygen atoms in total. The van der Waals surface area contributed by atoms with Gasteiger partial charge in [-0.25, -0.2) is 0 Å². The van der Waals surface area contributed by atoms with E-state index in [0.717, 1.165) is 18.5 Å². The highest BCUT2D eigenvalue weighted by Gasteiger charge is 2.28. The first-order chi connectivity index (χ1) is 14.0. The van der Waals surface area contributed by atoms with Crippen molar-refractivity contribution in [3.63, 3.8) is 0 Å². The van der Waals surface area contributed by atoms with E-state index in [9.17, 15) is 4.79 Å². The lowest BCUT2D eigenvalue weighted by molar-refractivity contribution is 0.0791. The largest absolute Gasteiger partial charge is 0.493 e. The lowest BCUT2D eigenvalue weighted by Gasteiger charge is -2.19. The van der Waals surface area contributed by atoms with Crippen LogP contribution in [0.5, 0.6) is 11.5 Å². The summed E-state index contributed by atoms with van der Waals surface area (Å²) in [5, 5.41) is 3.89. The second-order valence-corrected chi connectivity index (χ2v) is 8.17. The van der Waals surface area contributed by atoms with Crippen molar-refractivity contribution in [2.24, 2.45) is 5.92 Å². The van der Waals surface area contributed by atoms with Gasteiger partial charge in [0, 0.05) is 30.4 Å². The highest BCUT2D eigenvalue weighted by Crippen LogP contribution is 2.37. The van der Waals surface area contributed by atoms with Crippen molar-refractivity contribution in [2.75, 3.05) is 32.1 Å². The number of methoxy groups -OCH3 is 1. The Morgan fingerprint density at radius 1 is 1.28 bits per heavy atom. The quantitative estimate of drug-likeness (QED) is 0.650. The molecule has 1 saturated heterocycles. The molecule has 2 aromatic rings. The molecule has 2 aromatic carbocycles. The van der Waals surface area contributed by atoms with Gasteiger partial charge < -0.3 is 19.7 Å². The molecule has 1 atom stereocenters. The van der Waals surface area contributed by atoms with E-state index in [4.69, 9.17) is 21.1 Å². The molecular formula is C23H29ClN2O3. The highest BCUT2D eigenvalue weighted by atomic mass is 35.5. The number of hydrogen-bond donors (Lipinski definition) is 1. The summed E-state index contributed by atoms with van der Waals surface area (Å²) in [7, 11) is 1.56. The molecule has 1 N–H and O–H groups in total. The Labute approximate surface area is 177 Å². The molecule has 0 spiro atoms. The number of anilines is 1. The first-order valence-corrected chi connectivity index (χ1v) is 10.5. The van der Waals surface area contributed by atoms with Crippen LogP contribution in [0.4, 0.5) is 5.69 Å². The maximum atomic E-state index is 13.0. The number of para-hydroxylation sites is 1. The van der Waals surface area contributed by atoms with Gasteiger partial charge in [0.25, 0.3) is 5.91 Å². The van der Waals surface area contributed by atoms with Crippen molar-refractivity contribution in [3.8, 4) is 11.5 Å². The maximum absolute atomic E-state index is 13.0. The van der Waals surface area contributed by atoms with Gasteiger partial charge in [-0.1, -0.05) is 43.6 Å². The number of likely N-dealkylation sites (tertiary alicyclic amines) is 1. The second-order valence-electron chi connectivity index (χ2n) is 7.77. The molecule has 1 aliphatic rings. The van der Waals surface area contributed by atoms with Gasteiger partial charge in [-0.3, -0.25) is 4.79 Å². The van der Waals surface area contributed by atoms with Crippen LogP contribution < -0.4 is 14.8 Å². The summed E-state index contributed by atoms with van der Waals surface area (Å²) in [6.45, 7) is 6.19. The molecular weight excluding hydrogens is 388 g/mol. The minimum absolute atomic E-state index is 0.0451. The molecule has 0 aromatic heterocycles. The first kappa shape index (κ1) is 21.3. The molecule has 1 unspecified atom stereocenters. The summed E-state index contributed by atoms with van der Waals surface area (Å²) in [4.78, 5) is 14.9. The predicted molar refractivity (Wildman–Crippen MR) is 117 cm³/mol. The average molecular weight is 417 g/mol. The first-order valence-electron chi connectivity index (χ1n) is 10.1. The molecule has 0 radical (unpaired) electrons. The summed E-state index contributed by atoms with van der Waals surface area (Å²) in [6, 6.07) is 13.7. The molecule has 1 aliphatic heterocycles. The molecule has 1 fully saturated rings. The van der Waals surface area contributed by atoms with Crippen LogP contribution in [0.2, 0.25) is 5.02 Å². The SMILES string of the molecule is COc1cc(C(=O)N2CCC(Nc3ccccc3)C2)cc(Cl)c1OCCC(C)C. The Bertz CT molecular complexity index is 826. The van der Waals surface area contributed by atoms with Gasteiger partial charge >= 0.3 is 0 Å². The predicted octanol–water partition coefficient (Wildman–Crippen LogP) is 5.10. The smallest absolute Gasteiger partial charge is 0.254 e. The zero-order chi connectivity index (χ0) is 20.8. The van der Waals surface area contributed by atoms with Crippen molar-refractivity contribution in [1.29, 1.82) is 0 Å². The molecule has 0 saturated carbocycles. The third-order valence-electron chi connectivity index (χ3n) is 5.04. The number of amides is 1. The van der Waals surface area contributed by atoms with Crippen LogP contribution in [0.3, 0.4) is 0 Å². The Morgan fingerprint density at radius 3 is 2.72 bits per heavy atom. The van der Waals surface area contributed by atoms with Crippen LogP contribution in [0.15, 0.2) is 42.5 Å². The second kappa shape index (κ2) is 9.88. The van der Waals surface area contributed by atoms with Gasteiger partial charge in [0.2, 0.25) is 0 Å². The molecule has 1 amide bonds. The number of ether oxygens (including phenoxy) is 2. The van der Waals surface area contributed by atoms with Gasteiger partial charge in [0.1, 0.15) is 0 Å². The molecule has 0 aliphatic carbocycles. The number of benzene rings is 2. The lowest BCUT2D eigenvalue weighted by atomic mass is 10.1. The summed E-state index contributed by atoms with van der Waals surface area (Å²) >= 11 is 6.43. The van der Waals surface area contributed by atoms with Crippen LogP contribution in [-0.2, 0) is 0 Å². The fraction of sp³-hybridized carbons (Fsp3) is 0.435. The monoisotopic (exact) mass is 416 g/mol. The maximum Gasteiger partial charge on any atom is 0.254 e. The normalized spacial score (nSPS) is 16.2. The van der Waals surface area contributed by atoms with E-state index < -0.39 is 0 Å². The van der Waals surface area contributed by atoms with Gasteiger partial charge in [0.05, 0.1) is 18.7 Å². The van der Waals surface area contributed by atoms with Crippen LogP contribution in [-0.4, -0.2) is 43.7 Å². The van der Waals surface area contributed by atoms with Crippen molar-refractivity contribution in [3.05, 3.63) is 53.1 Å². The summed E-state index contributed by atoms with van der Waals surface area (Å²) in [5.41, 5.74) is 1.59. The Kier molecular flexibility index (Phi) is 7.26. The van der Waals surface area contributed by atoms with Crippen molar-refractivity contribution < 1.29 is 14.3 Å². The van der Waals surface area contributed by atoms with Crippen LogP contribution in [0.1, 0.15) is 37.0 Å². The molecule has 156 valence electrons. The molecule has 3 rings (SSSR count). The van der Waals surface area contributed by atoms with Gasteiger partial charge in [0.15, 0.2) is 11.5 Å².